The van der Waals surface area contributed by atoms with Crippen molar-refractivity contribution in [2.75, 3.05) is 0 Å². The lowest BCUT2D eigenvalue weighted by Crippen LogP contribution is -2.21. The highest BCUT2D eigenvalue weighted by Crippen LogP contribution is 2.54. The van der Waals surface area contributed by atoms with Crippen LogP contribution in [0.15, 0.2) is 157 Å². The molecule has 3 heteroatoms. The molecule has 49 heavy (non-hydrogen) atoms. The summed E-state index contributed by atoms with van der Waals surface area (Å²) in [5.74, 6) is 1.06. The van der Waals surface area contributed by atoms with Gasteiger partial charge in [-0.05, 0) is 75.1 Å². The van der Waals surface area contributed by atoms with Crippen LogP contribution >= 0.6 is 11.8 Å². The van der Waals surface area contributed by atoms with Gasteiger partial charge in [0, 0.05) is 32.8 Å². The second-order valence-corrected chi connectivity index (χ2v) is 14.8. The zero-order chi connectivity index (χ0) is 32.3. The quantitative estimate of drug-likeness (QED) is 0.141. The van der Waals surface area contributed by atoms with E-state index in [-0.39, 0.29) is 0 Å². The minimum atomic E-state index is 0.448. The average Bonchev–Trinajstić information content (AvgIpc) is 3.57. The third kappa shape index (κ3) is 4.87. The number of aromatic nitrogens is 2. The molecule has 6 aromatic carbocycles. The summed E-state index contributed by atoms with van der Waals surface area (Å²) in [5.41, 5.74) is 12.3. The Bertz CT molecular complexity index is 2470. The van der Waals surface area contributed by atoms with Gasteiger partial charge in [0.2, 0.25) is 0 Å². The van der Waals surface area contributed by atoms with E-state index in [1.54, 1.807) is 0 Å². The van der Waals surface area contributed by atoms with E-state index < -0.39 is 0 Å². The summed E-state index contributed by atoms with van der Waals surface area (Å²) in [6, 6.07) is 44.5. The Kier molecular flexibility index (Phi) is 6.87. The van der Waals surface area contributed by atoms with Gasteiger partial charge in [-0.25, -0.2) is 4.98 Å². The molecule has 7 aromatic rings. The normalized spacial score (nSPS) is 19.9. The molecule has 0 saturated heterocycles. The molecular formula is C46H34N2S. The van der Waals surface area contributed by atoms with Gasteiger partial charge >= 0.3 is 0 Å². The van der Waals surface area contributed by atoms with E-state index in [2.05, 4.69) is 157 Å². The fraction of sp³-hybridized carbons (Fsp3) is 0.130. The van der Waals surface area contributed by atoms with Gasteiger partial charge in [-0.2, -0.15) is 0 Å². The smallest absolute Gasteiger partial charge is 0.0979 e. The molecule has 234 valence electrons. The van der Waals surface area contributed by atoms with Crippen LogP contribution in [0.2, 0.25) is 0 Å². The molecule has 2 nitrogen and oxygen atoms in total. The van der Waals surface area contributed by atoms with Crippen molar-refractivity contribution in [2.45, 2.75) is 41.2 Å². The van der Waals surface area contributed by atoms with Crippen LogP contribution in [0.25, 0.3) is 54.9 Å². The maximum atomic E-state index is 5.22. The SMILES string of the molecule is C1=CC(c2ccc(-c3ccc(C4=CC=C(c5cnc6c7ccccc7c7ccccc7c6n5)CC4)cc3)cc2)C2Sc3ccccc3C2C1. The maximum Gasteiger partial charge on any atom is 0.0979 e. The van der Waals surface area contributed by atoms with Crippen molar-refractivity contribution >= 4 is 55.5 Å². The topological polar surface area (TPSA) is 25.8 Å². The minimum absolute atomic E-state index is 0.448. The highest BCUT2D eigenvalue weighted by Gasteiger charge is 2.39. The first-order chi connectivity index (χ1) is 24.3. The number of benzene rings is 6. The Morgan fingerprint density at radius 3 is 1.92 bits per heavy atom. The van der Waals surface area contributed by atoms with Crippen molar-refractivity contribution in [3.8, 4) is 11.1 Å². The van der Waals surface area contributed by atoms with Crippen molar-refractivity contribution in [1.29, 1.82) is 0 Å². The number of rotatable bonds is 4. The van der Waals surface area contributed by atoms with Crippen molar-refractivity contribution in [1.82, 2.24) is 9.97 Å². The first-order valence-corrected chi connectivity index (χ1v) is 18.3. The highest BCUT2D eigenvalue weighted by molar-refractivity contribution is 8.00. The van der Waals surface area contributed by atoms with Crippen LogP contribution in [0, 0.1) is 0 Å². The molecule has 3 unspecified atom stereocenters. The Morgan fingerprint density at radius 1 is 0.571 bits per heavy atom. The number of hydrogen-bond acceptors (Lipinski definition) is 3. The number of fused-ring (bicyclic) bond motifs is 9. The summed E-state index contributed by atoms with van der Waals surface area (Å²) in [6.07, 6.45) is 14.4. The van der Waals surface area contributed by atoms with Gasteiger partial charge in [0.05, 0.1) is 22.9 Å². The monoisotopic (exact) mass is 646 g/mol. The Labute approximate surface area is 291 Å². The largest absolute Gasteiger partial charge is 0.252 e. The number of nitrogens with zero attached hydrogens (tertiary/aromatic N) is 2. The van der Waals surface area contributed by atoms with Crippen LogP contribution in [0.1, 0.15) is 53.5 Å². The van der Waals surface area contributed by atoms with Gasteiger partial charge in [0.25, 0.3) is 0 Å². The maximum absolute atomic E-state index is 5.22. The van der Waals surface area contributed by atoms with Crippen molar-refractivity contribution in [2.24, 2.45) is 0 Å². The van der Waals surface area contributed by atoms with E-state index in [0.29, 0.717) is 17.1 Å². The zero-order valence-electron chi connectivity index (χ0n) is 27.1. The van der Waals surface area contributed by atoms with Gasteiger partial charge in [0.15, 0.2) is 0 Å². The molecule has 2 heterocycles. The number of allylic oxidation sites excluding steroid dienone is 6. The average molecular weight is 647 g/mol. The molecular weight excluding hydrogens is 613 g/mol. The van der Waals surface area contributed by atoms with E-state index in [4.69, 9.17) is 9.97 Å². The van der Waals surface area contributed by atoms with E-state index >= 15 is 0 Å². The molecule has 3 atom stereocenters. The van der Waals surface area contributed by atoms with E-state index in [0.717, 1.165) is 46.8 Å². The van der Waals surface area contributed by atoms with Crippen LogP contribution in [0.3, 0.4) is 0 Å². The fourth-order valence-corrected chi connectivity index (χ4v) is 9.93. The third-order valence-electron chi connectivity index (χ3n) is 10.9. The van der Waals surface area contributed by atoms with Crippen molar-refractivity contribution in [3.63, 3.8) is 0 Å². The summed E-state index contributed by atoms with van der Waals surface area (Å²) >= 11 is 2.07. The summed E-state index contributed by atoms with van der Waals surface area (Å²) in [4.78, 5) is 11.7. The van der Waals surface area contributed by atoms with Gasteiger partial charge in [-0.3, -0.25) is 4.98 Å². The van der Waals surface area contributed by atoms with Crippen LogP contribution in [-0.4, -0.2) is 15.2 Å². The molecule has 0 fully saturated rings. The lowest BCUT2D eigenvalue weighted by atomic mass is 9.79. The fourth-order valence-electron chi connectivity index (χ4n) is 8.31. The lowest BCUT2D eigenvalue weighted by Gasteiger charge is -2.29. The van der Waals surface area contributed by atoms with Crippen LogP contribution in [0.5, 0.6) is 0 Å². The Hall–Kier alpha value is -5.25. The minimum Gasteiger partial charge on any atom is -0.252 e. The molecule has 0 radical (unpaired) electrons. The molecule has 0 amide bonds. The number of thioether (sulfide) groups is 1. The second-order valence-electron chi connectivity index (χ2n) is 13.5. The number of hydrogen-bond donors (Lipinski definition) is 0. The summed E-state index contributed by atoms with van der Waals surface area (Å²) < 4.78 is 0. The summed E-state index contributed by atoms with van der Waals surface area (Å²) in [6.45, 7) is 0. The first-order valence-electron chi connectivity index (χ1n) is 17.4. The summed E-state index contributed by atoms with van der Waals surface area (Å²) in [7, 11) is 0. The molecule has 1 aromatic heterocycles. The molecule has 1 aliphatic heterocycles. The zero-order valence-corrected chi connectivity index (χ0v) is 27.9. The van der Waals surface area contributed by atoms with Crippen molar-refractivity contribution in [3.05, 3.63) is 174 Å². The van der Waals surface area contributed by atoms with Crippen LogP contribution in [0.4, 0.5) is 0 Å². The first kappa shape index (κ1) is 28.7. The van der Waals surface area contributed by atoms with E-state index in [9.17, 15) is 0 Å². The van der Waals surface area contributed by atoms with Crippen LogP contribution in [-0.2, 0) is 0 Å². The van der Waals surface area contributed by atoms with Crippen LogP contribution < -0.4 is 0 Å². The van der Waals surface area contributed by atoms with E-state index in [1.807, 2.05) is 6.20 Å². The Morgan fingerprint density at radius 2 is 1.18 bits per heavy atom. The molecule has 10 rings (SSSR count). The summed E-state index contributed by atoms with van der Waals surface area (Å²) in [5, 5.41) is 5.35. The highest BCUT2D eigenvalue weighted by atomic mass is 32.2. The second kappa shape index (κ2) is 11.7. The predicted molar refractivity (Wildman–Crippen MR) is 207 cm³/mol. The van der Waals surface area contributed by atoms with E-state index in [1.165, 1.54) is 54.6 Å². The molecule has 3 aliphatic rings. The standard InChI is InChI=1S/C46H34N2S/c1-3-11-39-36(8-1)37-9-2-4-12-40(37)45-44(39)47-28-42(48-45)34-26-22-32(23-27-34)30-18-16-29(17-19-30)31-20-24-33(25-21-31)35-13-7-14-41-38-10-5-6-15-43(38)49-46(35)41/h1-13,15-22,24-26,28,35,41,46H,14,23,27H2. The van der Waals surface area contributed by atoms with Gasteiger partial charge < -0.3 is 0 Å². The lowest BCUT2D eigenvalue weighted by molar-refractivity contribution is 0.592. The predicted octanol–water partition coefficient (Wildman–Crippen LogP) is 12.2. The molecule has 2 aliphatic carbocycles. The molecule has 0 saturated carbocycles. The van der Waals surface area contributed by atoms with Gasteiger partial charge in [-0.1, -0.05) is 140 Å². The molecule has 0 bridgehead atoms. The van der Waals surface area contributed by atoms with Crippen molar-refractivity contribution < 1.29 is 0 Å². The molecule has 0 spiro atoms. The third-order valence-corrected chi connectivity index (χ3v) is 12.4. The Balaban J connectivity index is 0.888. The van der Waals surface area contributed by atoms with Gasteiger partial charge in [0.1, 0.15) is 0 Å². The molecule has 0 N–H and O–H groups in total. The van der Waals surface area contributed by atoms with Gasteiger partial charge in [-0.15, -0.1) is 11.8 Å².